The lowest BCUT2D eigenvalue weighted by Gasteiger charge is -2.06. The van der Waals surface area contributed by atoms with Gasteiger partial charge < -0.3 is 9.84 Å². The Morgan fingerprint density at radius 2 is 2.41 bits per heavy atom. The third kappa shape index (κ3) is 3.01. The zero-order valence-corrected chi connectivity index (χ0v) is 11.6. The molecular weight excluding hydrogens is 304 g/mol. The standard InChI is InChI=1S/C11H11BrN2O2S/c1-16-9-5-8(12)4-7(10(9)15)6-14-11-13-2-3-17-11/h4-6,15H,2-3H2,1H3. The molecule has 0 radical (unpaired) electrons. The van der Waals surface area contributed by atoms with E-state index in [2.05, 4.69) is 25.9 Å². The highest BCUT2D eigenvalue weighted by atomic mass is 79.9. The van der Waals surface area contributed by atoms with Gasteiger partial charge in [0.05, 0.1) is 13.7 Å². The van der Waals surface area contributed by atoms with Crippen LogP contribution in [0.1, 0.15) is 5.56 Å². The minimum atomic E-state index is 0.0862. The Balaban J connectivity index is 2.28. The van der Waals surface area contributed by atoms with Crippen LogP contribution in [-0.4, -0.2) is 35.9 Å². The summed E-state index contributed by atoms with van der Waals surface area (Å²) in [5.41, 5.74) is 0.603. The summed E-state index contributed by atoms with van der Waals surface area (Å²) in [6, 6.07) is 3.48. The molecule has 1 N–H and O–H groups in total. The van der Waals surface area contributed by atoms with Crippen molar-refractivity contribution < 1.29 is 9.84 Å². The van der Waals surface area contributed by atoms with Crippen LogP contribution in [0.4, 0.5) is 0 Å². The summed E-state index contributed by atoms with van der Waals surface area (Å²) in [5, 5.41) is 10.7. The molecule has 0 saturated carbocycles. The van der Waals surface area contributed by atoms with Gasteiger partial charge >= 0.3 is 0 Å². The topological polar surface area (TPSA) is 54.2 Å². The molecule has 0 saturated heterocycles. The van der Waals surface area contributed by atoms with Crippen LogP contribution in [0.5, 0.6) is 11.5 Å². The number of hydrogen-bond donors (Lipinski definition) is 1. The van der Waals surface area contributed by atoms with Gasteiger partial charge in [-0.05, 0) is 12.1 Å². The number of aromatic hydroxyl groups is 1. The molecule has 1 aliphatic heterocycles. The predicted octanol–water partition coefficient (Wildman–Crippen LogP) is 2.69. The Labute approximate surface area is 112 Å². The average Bonchev–Trinajstić information content (AvgIpc) is 2.82. The Bertz CT molecular complexity index is 489. The molecule has 6 heteroatoms. The van der Waals surface area contributed by atoms with Gasteiger partial charge in [-0.2, -0.15) is 0 Å². The fraction of sp³-hybridized carbons (Fsp3) is 0.273. The molecule has 4 nitrogen and oxygen atoms in total. The van der Waals surface area contributed by atoms with Crippen molar-refractivity contribution in [1.29, 1.82) is 0 Å². The Hall–Kier alpha value is -1.01. The summed E-state index contributed by atoms with van der Waals surface area (Å²) in [5.74, 6) is 1.48. The molecule has 1 heterocycles. The van der Waals surface area contributed by atoms with Gasteiger partial charge in [-0.1, -0.05) is 27.7 Å². The number of halogens is 1. The highest BCUT2D eigenvalue weighted by Crippen LogP contribution is 2.32. The van der Waals surface area contributed by atoms with Crippen LogP contribution in [0.25, 0.3) is 0 Å². The number of benzene rings is 1. The van der Waals surface area contributed by atoms with E-state index < -0.39 is 0 Å². The molecule has 0 aromatic heterocycles. The molecule has 0 bridgehead atoms. The van der Waals surface area contributed by atoms with Crippen LogP contribution in [0.3, 0.4) is 0 Å². The first-order valence-electron chi connectivity index (χ1n) is 4.98. The fourth-order valence-corrected chi connectivity index (χ4v) is 2.50. The minimum Gasteiger partial charge on any atom is -0.504 e. The number of methoxy groups -OCH3 is 1. The first kappa shape index (κ1) is 12.4. The number of aliphatic imine (C=N–C) groups is 2. The van der Waals surface area contributed by atoms with E-state index in [1.165, 1.54) is 7.11 Å². The maximum Gasteiger partial charge on any atom is 0.182 e. The third-order valence-corrected chi connectivity index (χ3v) is 3.51. The van der Waals surface area contributed by atoms with Crippen molar-refractivity contribution in [1.82, 2.24) is 0 Å². The monoisotopic (exact) mass is 314 g/mol. The van der Waals surface area contributed by atoms with Gasteiger partial charge in [0.25, 0.3) is 0 Å². The molecule has 0 atom stereocenters. The lowest BCUT2D eigenvalue weighted by Crippen LogP contribution is -1.91. The van der Waals surface area contributed by atoms with Crippen molar-refractivity contribution in [3.05, 3.63) is 22.2 Å². The van der Waals surface area contributed by atoms with E-state index in [0.29, 0.717) is 11.3 Å². The first-order chi connectivity index (χ1) is 8.20. The number of nitrogens with zero attached hydrogens (tertiary/aromatic N) is 2. The highest BCUT2D eigenvalue weighted by molar-refractivity contribution is 9.10. The molecule has 90 valence electrons. The van der Waals surface area contributed by atoms with Crippen LogP contribution in [0.2, 0.25) is 0 Å². The molecule has 1 aromatic carbocycles. The zero-order chi connectivity index (χ0) is 12.3. The average molecular weight is 315 g/mol. The largest absolute Gasteiger partial charge is 0.504 e. The molecular formula is C11H11BrN2O2S. The lowest BCUT2D eigenvalue weighted by atomic mass is 10.2. The van der Waals surface area contributed by atoms with Gasteiger partial charge in [-0.25, -0.2) is 4.99 Å². The van der Waals surface area contributed by atoms with E-state index in [4.69, 9.17) is 4.74 Å². The van der Waals surface area contributed by atoms with E-state index in [-0.39, 0.29) is 5.75 Å². The van der Waals surface area contributed by atoms with Crippen molar-refractivity contribution in [2.75, 3.05) is 19.4 Å². The van der Waals surface area contributed by atoms with E-state index in [1.807, 2.05) is 0 Å². The maximum absolute atomic E-state index is 9.90. The fourth-order valence-electron chi connectivity index (χ4n) is 1.38. The van der Waals surface area contributed by atoms with Crippen molar-refractivity contribution in [3.63, 3.8) is 0 Å². The van der Waals surface area contributed by atoms with Gasteiger partial charge in [0.15, 0.2) is 16.7 Å². The molecule has 0 spiro atoms. The van der Waals surface area contributed by atoms with Crippen molar-refractivity contribution in [2.24, 2.45) is 9.98 Å². The Kier molecular flexibility index (Phi) is 4.06. The number of hydrogen-bond acceptors (Lipinski definition) is 5. The number of phenolic OH excluding ortho intramolecular Hbond substituents is 1. The summed E-state index contributed by atoms with van der Waals surface area (Å²) in [6.07, 6.45) is 1.60. The Morgan fingerprint density at radius 3 is 3.06 bits per heavy atom. The smallest absolute Gasteiger partial charge is 0.182 e. The van der Waals surface area contributed by atoms with Crippen LogP contribution >= 0.6 is 27.7 Å². The predicted molar refractivity (Wildman–Crippen MR) is 74.7 cm³/mol. The number of rotatable bonds is 2. The van der Waals surface area contributed by atoms with Crippen molar-refractivity contribution in [2.45, 2.75) is 0 Å². The number of thioether (sulfide) groups is 1. The first-order valence-corrected chi connectivity index (χ1v) is 6.76. The van der Waals surface area contributed by atoms with Gasteiger partial charge in [0.2, 0.25) is 0 Å². The summed E-state index contributed by atoms with van der Waals surface area (Å²) >= 11 is 4.96. The van der Waals surface area contributed by atoms with E-state index in [1.54, 1.807) is 30.1 Å². The highest BCUT2D eigenvalue weighted by Gasteiger charge is 2.09. The van der Waals surface area contributed by atoms with Crippen LogP contribution in [-0.2, 0) is 0 Å². The molecule has 0 amide bonds. The zero-order valence-electron chi connectivity index (χ0n) is 9.18. The lowest BCUT2D eigenvalue weighted by molar-refractivity contribution is 0.373. The number of phenols is 1. The van der Waals surface area contributed by atoms with E-state index >= 15 is 0 Å². The minimum absolute atomic E-state index is 0.0862. The molecule has 17 heavy (non-hydrogen) atoms. The SMILES string of the molecule is COc1cc(Br)cc(C=NC2=NCCS2)c1O. The second kappa shape index (κ2) is 5.55. The van der Waals surface area contributed by atoms with Crippen LogP contribution in [0.15, 0.2) is 26.6 Å². The quantitative estimate of drug-likeness (QED) is 0.854. The normalized spacial score (nSPS) is 15.3. The summed E-state index contributed by atoms with van der Waals surface area (Å²) in [4.78, 5) is 8.42. The van der Waals surface area contributed by atoms with E-state index in [9.17, 15) is 5.11 Å². The van der Waals surface area contributed by atoms with Gasteiger partial charge in [0.1, 0.15) is 0 Å². The molecule has 2 rings (SSSR count). The Morgan fingerprint density at radius 1 is 1.59 bits per heavy atom. The van der Waals surface area contributed by atoms with Gasteiger partial charge in [-0.15, -0.1) is 0 Å². The number of amidine groups is 1. The van der Waals surface area contributed by atoms with E-state index in [0.717, 1.165) is 21.9 Å². The van der Waals surface area contributed by atoms with Crippen LogP contribution < -0.4 is 4.74 Å². The molecule has 0 unspecified atom stereocenters. The number of ether oxygens (including phenoxy) is 1. The summed E-state index contributed by atoms with van der Waals surface area (Å²) in [6.45, 7) is 0.811. The third-order valence-electron chi connectivity index (χ3n) is 2.17. The maximum atomic E-state index is 9.90. The van der Waals surface area contributed by atoms with Crippen molar-refractivity contribution in [3.8, 4) is 11.5 Å². The van der Waals surface area contributed by atoms with Gasteiger partial charge in [-0.3, -0.25) is 4.99 Å². The molecule has 0 aliphatic carbocycles. The molecule has 1 aromatic rings. The second-order valence-corrected chi connectivity index (χ2v) is 5.29. The second-order valence-electron chi connectivity index (χ2n) is 3.32. The van der Waals surface area contributed by atoms with Gasteiger partial charge in [0, 0.05) is 22.0 Å². The molecule has 1 aliphatic rings. The molecule has 0 fully saturated rings. The van der Waals surface area contributed by atoms with Crippen molar-refractivity contribution >= 4 is 39.1 Å². The van der Waals surface area contributed by atoms with Crippen LogP contribution in [0, 0.1) is 0 Å². The summed E-state index contributed by atoms with van der Waals surface area (Å²) in [7, 11) is 1.51. The summed E-state index contributed by atoms with van der Waals surface area (Å²) < 4.78 is 5.89.